The average molecular weight is 291 g/mol. The number of esters is 1. The van der Waals surface area contributed by atoms with E-state index in [2.05, 4.69) is 0 Å². The van der Waals surface area contributed by atoms with Crippen molar-refractivity contribution in [1.82, 2.24) is 4.90 Å². The first-order valence-electron chi connectivity index (χ1n) is 5.54. The summed E-state index contributed by atoms with van der Waals surface area (Å²) in [5, 5.41) is 0.133. The van der Waals surface area contributed by atoms with Crippen LogP contribution in [-0.2, 0) is 14.3 Å². The molecule has 1 amide bonds. The van der Waals surface area contributed by atoms with Gasteiger partial charge in [0.2, 0.25) is 5.91 Å². The zero-order chi connectivity index (χ0) is 13.7. The number of halogens is 1. The van der Waals surface area contributed by atoms with Crippen LogP contribution in [0, 0.1) is 0 Å². The van der Waals surface area contributed by atoms with Crippen molar-refractivity contribution >= 4 is 35.2 Å². The fourth-order valence-electron chi connectivity index (χ4n) is 1.80. The molecule has 2 rings (SSSR count). The maximum atomic E-state index is 12.1. The Labute approximate surface area is 115 Å². The zero-order valence-electron chi connectivity index (χ0n) is 10.4. The number of nitrogens with two attached hydrogens (primary N) is 1. The molecule has 0 spiro atoms. The highest BCUT2D eigenvalue weighted by Gasteiger charge is 2.52. The fraction of sp³-hybridized carbons (Fsp3) is 0.636. The predicted octanol–water partition coefficient (Wildman–Crippen LogP) is 1.02. The van der Waals surface area contributed by atoms with E-state index >= 15 is 0 Å². The van der Waals surface area contributed by atoms with Crippen molar-refractivity contribution in [2.45, 2.75) is 37.8 Å². The van der Waals surface area contributed by atoms with Gasteiger partial charge in [-0.05, 0) is 20.8 Å². The second kappa shape index (κ2) is 4.43. The van der Waals surface area contributed by atoms with Crippen LogP contribution in [0.4, 0.5) is 0 Å². The Morgan fingerprint density at radius 3 is 2.72 bits per heavy atom. The molecule has 18 heavy (non-hydrogen) atoms. The molecule has 2 N–H and O–H groups in total. The molecule has 2 aliphatic rings. The monoisotopic (exact) mass is 290 g/mol. The number of hydrogen-bond donors (Lipinski definition) is 1. The van der Waals surface area contributed by atoms with Crippen LogP contribution in [0.15, 0.2) is 10.7 Å². The Bertz CT molecular complexity index is 444. The third kappa shape index (κ3) is 2.24. The molecule has 0 aromatic rings. The van der Waals surface area contributed by atoms with Crippen molar-refractivity contribution in [3.8, 4) is 0 Å². The lowest BCUT2D eigenvalue weighted by Gasteiger charge is -2.47. The summed E-state index contributed by atoms with van der Waals surface area (Å²) in [5.74, 6) is -0.387. The van der Waals surface area contributed by atoms with Crippen LogP contribution in [0.2, 0.25) is 0 Å². The Morgan fingerprint density at radius 2 is 2.17 bits per heavy atom. The van der Waals surface area contributed by atoms with Gasteiger partial charge in [-0.3, -0.25) is 9.69 Å². The number of thioether (sulfide) groups is 1. The number of carbonyl (C=O) groups excluding carboxylic acids is 2. The molecule has 0 aliphatic carbocycles. The highest BCUT2D eigenvalue weighted by molar-refractivity contribution is 8.00. The molecule has 0 saturated carbocycles. The molecule has 2 heterocycles. The first kappa shape index (κ1) is 13.7. The second-order valence-corrected chi connectivity index (χ2v) is 6.75. The van der Waals surface area contributed by atoms with Crippen molar-refractivity contribution in [1.29, 1.82) is 0 Å². The topological polar surface area (TPSA) is 72.6 Å². The molecular formula is C11H15ClN2O3S. The average Bonchev–Trinajstić information content (AvgIpc) is 2.25. The van der Waals surface area contributed by atoms with E-state index in [1.807, 2.05) is 0 Å². The van der Waals surface area contributed by atoms with E-state index in [1.165, 1.54) is 16.7 Å². The van der Waals surface area contributed by atoms with Gasteiger partial charge in [0.25, 0.3) is 0 Å². The van der Waals surface area contributed by atoms with Crippen LogP contribution in [0.1, 0.15) is 20.8 Å². The van der Waals surface area contributed by atoms with Gasteiger partial charge in [-0.1, -0.05) is 11.6 Å². The Hall–Kier alpha value is -0.720. The number of ether oxygens (including phenoxy) is 1. The van der Waals surface area contributed by atoms with Crippen LogP contribution in [0.25, 0.3) is 0 Å². The normalized spacial score (nSPS) is 27.8. The summed E-state index contributed by atoms with van der Waals surface area (Å²) in [6.45, 7) is 5.29. The number of carbonyl (C=O) groups is 2. The molecular weight excluding hydrogens is 276 g/mol. The van der Waals surface area contributed by atoms with Gasteiger partial charge in [0.05, 0.1) is 5.03 Å². The predicted molar refractivity (Wildman–Crippen MR) is 69.8 cm³/mol. The van der Waals surface area contributed by atoms with Crippen LogP contribution in [0.3, 0.4) is 0 Å². The minimum atomic E-state index is -0.628. The third-order valence-electron chi connectivity index (χ3n) is 2.56. The van der Waals surface area contributed by atoms with Gasteiger partial charge >= 0.3 is 5.97 Å². The van der Waals surface area contributed by atoms with Gasteiger partial charge in [0, 0.05) is 5.75 Å². The molecule has 2 aliphatic heterocycles. The first-order chi connectivity index (χ1) is 8.22. The van der Waals surface area contributed by atoms with Crippen molar-refractivity contribution in [2.24, 2.45) is 5.73 Å². The molecule has 1 unspecified atom stereocenters. The summed E-state index contributed by atoms with van der Waals surface area (Å²) >= 11 is 7.49. The Balaban J connectivity index is 2.25. The Morgan fingerprint density at radius 1 is 1.56 bits per heavy atom. The van der Waals surface area contributed by atoms with Gasteiger partial charge in [-0.15, -0.1) is 11.8 Å². The fourth-order valence-corrected chi connectivity index (χ4v) is 3.29. The maximum Gasteiger partial charge on any atom is 0.356 e. The molecule has 0 aromatic carbocycles. The smallest absolute Gasteiger partial charge is 0.356 e. The Kier molecular flexibility index (Phi) is 3.38. The van der Waals surface area contributed by atoms with E-state index < -0.39 is 17.6 Å². The number of rotatable bonds is 1. The number of β-lactam (4-membered cyclic amide) rings is 1. The lowest BCUT2D eigenvalue weighted by molar-refractivity contribution is -0.157. The first-order valence-corrected chi connectivity index (χ1v) is 6.97. The standard InChI is InChI=1S/C11H15ClN2O3S/c1-11(2,3)17-10(16)7-5(12)4-18-9-6(13)8(15)14(7)9/h6,9H,4,13H2,1-3H3/t6?,9-/m0/s1. The van der Waals surface area contributed by atoms with Crippen LogP contribution < -0.4 is 5.73 Å². The summed E-state index contributed by atoms with van der Waals surface area (Å²) in [7, 11) is 0. The second-order valence-electron chi connectivity index (χ2n) is 5.19. The molecule has 2 atom stereocenters. The molecule has 7 heteroatoms. The zero-order valence-corrected chi connectivity index (χ0v) is 12.0. The highest BCUT2D eigenvalue weighted by atomic mass is 35.5. The van der Waals surface area contributed by atoms with Crippen molar-refractivity contribution in [2.75, 3.05) is 5.75 Å². The quantitative estimate of drug-likeness (QED) is 0.577. The number of hydrogen-bond acceptors (Lipinski definition) is 5. The van der Waals surface area contributed by atoms with Crippen molar-refractivity contribution < 1.29 is 14.3 Å². The van der Waals surface area contributed by atoms with E-state index in [0.717, 1.165) is 0 Å². The third-order valence-corrected chi connectivity index (χ3v) is 4.33. The minimum absolute atomic E-state index is 0.141. The van der Waals surface area contributed by atoms with E-state index in [-0.39, 0.29) is 17.0 Å². The summed E-state index contributed by atoms with van der Waals surface area (Å²) in [6, 6.07) is -0.558. The molecule has 1 fully saturated rings. The van der Waals surface area contributed by atoms with Gasteiger partial charge in [0.1, 0.15) is 22.7 Å². The van der Waals surface area contributed by atoms with Crippen LogP contribution in [0.5, 0.6) is 0 Å². The number of amides is 1. The lowest BCUT2D eigenvalue weighted by atomic mass is 10.1. The number of fused-ring (bicyclic) bond motifs is 1. The van der Waals surface area contributed by atoms with E-state index in [1.54, 1.807) is 20.8 Å². The molecule has 0 radical (unpaired) electrons. The molecule has 0 bridgehead atoms. The summed E-state index contributed by atoms with van der Waals surface area (Å²) in [6.07, 6.45) is 0. The van der Waals surface area contributed by atoms with Gasteiger partial charge in [-0.25, -0.2) is 4.79 Å². The molecule has 1 saturated heterocycles. The van der Waals surface area contributed by atoms with E-state index in [0.29, 0.717) is 10.8 Å². The van der Waals surface area contributed by atoms with Gasteiger partial charge in [-0.2, -0.15) is 0 Å². The summed E-state index contributed by atoms with van der Waals surface area (Å²) in [4.78, 5) is 25.1. The minimum Gasteiger partial charge on any atom is -0.455 e. The van der Waals surface area contributed by atoms with Crippen LogP contribution >= 0.6 is 23.4 Å². The van der Waals surface area contributed by atoms with Crippen molar-refractivity contribution in [3.05, 3.63) is 10.7 Å². The number of nitrogens with zero attached hydrogens (tertiary/aromatic N) is 1. The van der Waals surface area contributed by atoms with Crippen molar-refractivity contribution in [3.63, 3.8) is 0 Å². The highest BCUT2D eigenvalue weighted by Crippen LogP contribution is 2.41. The molecule has 0 aromatic heterocycles. The van der Waals surface area contributed by atoms with Gasteiger partial charge < -0.3 is 10.5 Å². The van der Waals surface area contributed by atoms with Crippen LogP contribution in [-0.4, -0.2) is 39.5 Å². The van der Waals surface area contributed by atoms with E-state index in [9.17, 15) is 9.59 Å². The largest absolute Gasteiger partial charge is 0.455 e. The van der Waals surface area contributed by atoms with E-state index in [4.69, 9.17) is 22.1 Å². The maximum absolute atomic E-state index is 12.1. The van der Waals surface area contributed by atoms with Gasteiger partial charge in [0.15, 0.2) is 0 Å². The SMILES string of the molecule is CC(C)(C)OC(=O)C1=C(Cl)CS[C@H]2C(N)C(=O)N12. The lowest BCUT2D eigenvalue weighted by Crippen LogP contribution is -2.68. The molecule has 100 valence electrons. The molecule has 5 nitrogen and oxygen atoms in total. The summed E-state index contributed by atoms with van der Waals surface area (Å²) < 4.78 is 5.26. The summed E-state index contributed by atoms with van der Waals surface area (Å²) in [5.41, 5.74) is 5.20.